The van der Waals surface area contributed by atoms with Gasteiger partial charge in [0.15, 0.2) is 0 Å². The van der Waals surface area contributed by atoms with Crippen LogP contribution in [-0.2, 0) is 0 Å². The van der Waals surface area contributed by atoms with Crippen molar-refractivity contribution < 1.29 is 0 Å². The highest BCUT2D eigenvalue weighted by atomic mass is 14.7. The van der Waals surface area contributed by atoms with Crippen LogP contribution in [-0.4, -0.2) is 4.98 Å². The second-order valence-electron chi connectivity index (χ2n) is 6.91. The Hall–Kier alpha value is -3.71. The zero-order valence-corrected chi connectivity index (χ0v) is 15.4. The molecule has 0 amide bonds. The summed E-state index contributed by atoms with van der Waals surface area (Å²) in [7, 11) is 0. The summed E-state index contributed by atoms with van der Waals surface area (Å²) >= 11 is 0. The van der Waals surface area contributed by atoms with Crippen LogP contribution in [0.5, 0.6) is 0 Å². The SMILES string of the molecule is c1ccc(-c2ccc(-c3ccc(-c4ccc5ccccc5n4)cc3)cc2)cc1. The molecule has 1 aromatic heterocycles. The molecule has 0 N–H and O–H groups in total. The van der Waals surface area contributed by atoms with Gasteiger partial charge in [-0.25, -0.2) is 4.98 Å². The van der Waals surface area contributed by atoms with Crippen LogP contribution in [0.1, 0.15) is 0 Å². The molecule has 0 unspecified atom stereocenters. The number of fused-ring (bicyclic) bond motifs is 1. The van der Waals surface area contributed by atoms with E-state index in [1.54, 1.807) is 0 Å². The maximum Gasteiger partial charge on any atom is 0.0709 e. The predicted octanol–water partition coefficient (Wildman–Crippen LogP) is 7.24. The Kier molecular flexibility index (Phi) is 4.19. The molecule has 0 aliphatic carbocycles. The Bertz CT molecular complexity index is 1220. The van der Waals surface area contributed by atoms with Crippen LogP contribution in [0.3, 0.4) is 0 Å². The van der Waals surface area contributed by atoms with Gasteiger partial charge in [-0.05, 0) is 34.4 Å². The molecule has 0 radical (unpaired) electrons. The Morgan fingerprint density at radius 3 is 1.50 bits per heavy atom. The highest BCUT2D eigenvalue weighted by Crippen LogP contribution is 2.27. The van der Waals surface area contributed by atoms with E-state index in [4.69, 9.17) is 4.98 Å². The Labute approximate surface area is 165 Å². The number of hydrogen-bond acceptors (Lipinski definition) is 1. The maximum atomic E-state index is 4.79. The predicted molar refractivity (Wildman–Crippen MR) is 118 cm³/mol. The molecule has 0 spiro atoms. The fourth-order valence-corrected chi connectivity index (χ4v) is 3.55. The van der Waals surface area contributed by atoms with Crippen molar-refractivity contribution in [2.75, 3.05) is 0 Å². The Morgan fingerprint density at radius 2 is 0.857 bits per heavy atom. The van der Waals surface area contributed by atoms with Crippen molar-refractivity contribution >= 4 is 10.9 Å². The van der Waals surface area contributed by atoms with Crippen LogP contribution in [0.15, 0.2) is 115 Å². The molecular formula is C27H19N. The zero-order chi connectivity index (χ0) is 18.8. The lowest BCUT2D eigenvalue weighted by Crippen LogP contribution is -1.86. The van der Waals surface area contributed by atoms with E-state index < -0.39 is 0 Å². The van der Waals surface area contributed by atoms with Gasteiger partial charge in [0.1, 0.15) is 0 Å². The van der Waals surface area contributed by atoms with Gasteiger partial charge in [0, 0.05) is 10.9 Å². The second kappa shape index (κ2) is 7.13. The number of hydrogen-bond donors (Lipinski definition) is 0. The van der Waals surface area contributed by atoms with Gasteiger partial charge in [0.05, 0.1) is 11.2 Å². The van der Waals surface area contributed by atoms with Crippen molar-refractivity contribution in [1.29, 1.82) is 0 Å². The quantitative estimate of drug-likeness (QED) is 0.332. The van der Waals surface area contributed by atoms with E-state index in [1.807, 2.05) is 18.2 Å². The highest BCUT2D eigenvalue weighted by molar-refractivity contribution is 5.82. The van der Waals surface area contributed by atoms with Crippen molar-refractivity contribution in [3.05, 3.63) is 115 Å². The van der Waals surface area contributed by atoms with Gasteiger partial charge < -0.3 is 0 Å². The minimum atomic E-state index is 1.00. The molecule has 0 fully saturated rings. The number of pyridine rings is 1. The van der Waals surface area contributed by atoms with Gasteiger partial charge in [-0.1, -0.05) is 103 Å². The van der Waals surface area contributed by atoms with Crippen LogP contribution in [0, 0.1) is 0 Å². The normalized spacial score (nSPS) is 10.9. The molecule has 0 bridgehead atoms. The Morgan fingerprint density at radius 1 is 0.357 bits per heavy atom. The van der Waals surface area contributed by atoms with Crippen LogP contribution in [0.2, 0.25) is 0 Å². The largest absolute Gasteiger partial charge is 0.248 e. The number of para-hydroxylation sites is 1. The van der Waals surface area contributed by atoms with E-state index in [0.29, 0.717) is 0 Å². The molecule has 0 atom stereocenters. The third-order valence-corrected chi connectivity index (χ3v) is 5.10. The van der Waals surface area contributed by atoms with E-state index in [0.717, 1.165) is 16.8 Å². The van der Waals surface area contributed by atoms with Gasteiger partial charge in [0.2, 0.25) is 0 Å². The molecule has 5 rings (SSSR count). The summed E-state index contributed by atoms with van der Waals surface area (Å²) < 4.78 is 0. The van der Waals surface area contributed by atoms with Crippen LogP contribution >= 0.6 is 0 Å². The monoisotopic (exact) mass is 357 g/mol. The average Bonchev–Trinajstić information content (AvgIpc) is 2.80. The van der Waals surface area contributed by atoms with Gasteiger partial charge >= 0.3 is 0 Å². The summed E-state index contributed by atoms with van der Waals surface area (Å²) in [6.45, 7) is 0. The summed E-state index contributed by atoms with van der Waals surface area (Å²) in [5.74, 6) is 0. The smallest absolute Gasteiger partial charge is 0.0709 e. The standard InChI is InChI=1S/C27H19N/c1-2-6-20(7-3-1)21-10-12-22(13-11-21)23-14-16-25(17-15-23)27-19-18-24-8-4-5-9-26(24)28-27/h1-19H. The van der Waals surface area contributed by atoms with Crippen molar-refractivity contribution in [3.8, 4) is 33.5 Å². The molecule has 0 aliphatic rings. The number of rotatable bonds is 3. The fraction of sp³-hybridized carbons (Fsp3) is 0. The van der Waals surface area contributed by atoms with Gasteiger partial charge in [-0.3, -0.25) is 0 Å². The molecule has 1 heteroatoms. The van der Waals surface area contributed by atoms with E-state index in [9.17, 15) is 0 Å². The third kappa shape index (κ3) is 3.19. The molecule has 1 heterocycles. The highest BCUT2D eigenvalue weighted by Gasteiger charge is 2.04. The van der Waals surface area contributed by atoms with Crippen LogP contribution < -0.4 is 0 Å². The lowest BCUT2D eigenvalue weighted by molar-refractivity contribution is 1.40. The zero-order valence-electron chi connectivity index (χ0n) is 15.4. The number of benzene rings is 4. The first-order valence-electron chi connectivity index (χ1n) is 9.49. The first kappa shape index (κ1) is 16.5. The van der Waals surface area contributed by atoms with Gasteiger partial charge in [0.25, 0.3) is 0 Å². The lowest BCUT2D eigenvalue weighted by atomic mass is 9.99. The molecule has 28 heavy (non-hydrogen) atoms. The fourth-order valence-electron chi connectivity index (χ4n) is 3.55. The van der Waals surface area contributed by atoms with Gasteiger partial charge in [-0.15, -0.1) is 0 Å². The first-order chi connectivity index (χ1) is 13.9. The van der Waals surface area contributed by atoms with Crippen molar-refractivity contribution in [2.24, 2.45) is 0 Å². The summed E-state index contributed by atoms with van der Waals surface area (Å²) in [5.41, 5.74) is 8.08. The molecular weight excluding hydrogens is 338 g/mol. The summed E-state index contributed by atoms with van der Waals surface area (Å²) in [4.78, 5) is 4.79. The summed E-state index contributed by atoms with van der Waals surface area (Å²) in [6, 6.07) is 40.3. The van der Waals surface area contributed by atoms with Crippen molar-refractivity contribution in [1.82, 2.24) is 4.98 Å². The minimum Gasteiger partial charge on any atom is -0.248 e. The third-order valence-electron chi connectivity index (χ3n) is 5.10. The molecule has 0 saturated heterocycles. The number of aromatic nitrogens is 1. The first-order valence-corrected chi connectivity index (χ1v) is 9.49. The summed E-state index contributed by atoms with van der Waals surface area (Å²) in [6.07, 6.45) is 0. The number of nitrogens with zero attached hydrogens (tertiary/aromatic N) is 1. The second-order valence-corrected chi connectivity index (χ2v) is 6.91. The molecule has 132 valence electrons. The lowest BCUT2D eigenvalue weighted by Gasteiger charge is -2.07. The summed E-state index contributed by atoms with van der Waals surface area (Å²) in [5, 5.41) is 1.17. The van der Waals surface area contributed by atoms with E-state index in [1.165, 1.54) is 27.6 Å². The molecule has 4 aromatic carbocycles. The average molecular weight is 357 g/mol. The molecule has 5 aromatic rings. The molecule has 0 saturated carbocycles. The van der Waals surface area contributed by atoms with Crippen LogP contribution in [0.4, 0.5) is 0 Å². The Balaban J connectivity index is 1.43. The van der Waals surface area contributed by atoms with Crippen molar-refractivity contribution in [3.63, 3.8) is 0 Å². The maximum absolute atomic E-state index is 4.79. The molecule has 1 nitrogen and oxygen atoms in total. The topological polar surface area (TPSA) is 12.9 Å². The van der Waals surface area contributed by atoms with Gasteiger partial charge in [-0.2, -0.15) is 0 Å². The van der Waals surface area contributed by atoms with E-state index in [2.05, 4.69) is 97.1 Å². The van der Waals surface area contributed by atoms with Crippen LogP contribution in [0.25, 0.3) is 44.4 Å². The molecule has 0 aliphatic heterocycles. The van der Waals surface area contributed by atoms with Crippen molar-refractivity contribution in [2.45, 2.75) is 0 Å². The van der Waals surface area contributed by atoms with E-state index >= 15 is 0 Å². The minimum absolute atomic E-state index is 1.00. The van der Waals surface area contributed by atoms with E-state index in [-0.39, 0.29) is 0 Å².